The standard InChI is InChI=1S/C14H18N4O3/c15-8-10-9-18(14(21)17-13(10)20)7-6-12(19)16-11-4-2-1-3-5-11/h9,11H,1-7H2,(H,16,19)(H,17,20,21). The second-order valence-corrected chi connectivity index (χ2v) is 5.26. The van der Waals surface area contributed by atoms with Crippen LogP contribution in [-0.4, -0.2) is 21.5 Å². The van der Waals surface area contributed by atoms with Gasteiger partial charge in [0.2, 0.25) is 5.91 Å². The van der Waals surface area contributed by atoms with Crippen molar-refractivity contribution in [3.63, 3.8) is 0 Å². The Morgan fingerprint density at radius 2 is 2.10 bits per heavy atom. The minimum Gasteiger partial charge on any atom is -0.353 e. The Hall–Kier alpha value is -2.36. The highest BCUT2D eigenvalue weighted by Crippen LogP contribution is 2.17. The van der Waals surface area contributed by atoms with Gasteiger partial charge in [0.25, 0.3) is 5.56 Å². The van der Waals surface area contributed by atoms with Gasteiger partial charge in [0.1, 0.15) is 11.6 Å². The molecule has 1 fully saturated rings. The van der Waals surface area contributed by atoms with Crippen molar-refractivity contribution in [2.24, 2.45) is 0 Å². The Balaban J connectivity index is 1.93. The molecule has 0 radical (unpaired) electrons. The van der Waals surface area contributed by atoms with Crippen LogP contribution in [0.2, 0.25) is 0 Å². The van der Waals surface area contributed by atoms with Gasteiger partial charge in [0.15, 0.2) is 0 Å². The predicted molar refractivity (Wildman–Crippen MR) is 75.7 cm³/mol. The molecule has 0 aliphatic heterocycles. The Labute approximate surface area is 121 Å². The third kappa shape index (κ3) is 4.05. The summed E-state index contributed by atoms with van der Waals surface area (Å²) in [6.45, 7) is 0.142. The van der Waals surface area contributed by atoms with Crippen LogP contribution < -0.4 is 16.6 Å². The van der Waals surface area contributed by atoms with Gasteiger partial charge in [-0.1, -0.05) is 19.3 Å². The van der Waals surface area contributed by atoms with E-state index in [1.54, 1.807) is 6.07 Å². The number of nitriles is 1. The quantitative estimate of drug-likeness (QED) is 0.828. The molecule has 0 bridgehead atoms. The van der Waals surface area contributed by atoms with E-state index in [-0.39, 0.29) is 30.5 Å². The zero-order valence-electron chi connectivity index (χ0n) is 11.7. The first kappa shape index (κ1) is 15.0. The van der Waals surface area contributed by atoms with Crippen LogP contribution in [0.5, 0.6) is 0 Å². The summed E-state index contributed by atoms with van der Waals surface area (Å²) >= 11 is 0. The summed E-state index contributed by atoms with van der Waals surface area (Å²) in [5, 5.41) is 11.7. The summed E-state index contributed by atoms with van der Waals surface area (Å²) in [5.74, 6) is -0.112. The van der Waals surface area contributed by atoms with Crippen molar-refractivity contribution in [1.82, 2.24) is 14.9 Å². The second-order valence-electron chi connectivity index (χ2n) is 5.26. The molecule has 21 heavy (non-hydrogen) atoms. The summed E-state index contributed by atoms with van der Waals surface area (Å²) in [6.07, 6.45) is 6.83. The van der Waals surface area contributed by atoms with Gasteiger partial charge in [-0.2, -0.15) is 5.26 Å². The maximum Gasteiger partial charge on any atom is 0.328 e. The number of aryl methyl sites for hydroxylation is 1. The van der Waals surface area contributed by atoms with Gasteiger partial charge in [-0.15, -0.1) is 0 Å². The third-order valence-electron chi connectivity index (χ3n) is 3.68. The average Bonchev–Trinajstić information content (AvgIpc) is 2.47. The van der Waals surface area contributed by atoms with Crippen molar-refractivity contribution in [3.8, 4) is 6.07 Å². The predicted octanol–water partition coefficient (Wildman–Crippen LogP) is 0.247. The molecule has 0 aromatic carbocycles. The van der Waals surface area contributed by atoms with Crippen LogP contribution in [-0.2, 0) is 11.3 Å². The van der Waals surface area contributed by atoms with E-state index in [2.05, 4.69) is 10.3 Å². The van der Waals surface area contributed by atoms with Gasteiger partial charge in [-0.3, -0.25) is 19.1 Å². The summed E-state index contributed by atoms with van der Waals surface area (Å²) in [5.41, 5.74) is -1.45. The van der Waals surface area contributed by atoms with Crippen molar-refractivity contribution in [2.45, 2.75) is 51.1 Å². The Morgan fingerprint density at radius 1 is 1.38 bits per heavy atom. The highest BCUT2D eigenvalue weighted by Gasteiger charge is 2.15. The van der Waals surface area contributed by atoms with E-state index < -0.39 is 11.2 Å². The molecule has 1 aliphatic carbocycles. The van der Waals surface area contributed by atoms with Crippen LogP contribution in [0.25, 0.3) is 0 Å². The first-order valence-electron chi connectivity index (χ1n) is 7.13. The number of aromatic amines is 1. The summed E-state index contributed by atoms with van der Waals surface area (Å²) in [4.78, 5) is 36.7. The molecule has 0 atom stereocenters. The zero-order valence-corrected chi connectivity index (χ0v) is 11.7. The van der Waals surface area contributed by atoms with Crippen LogP contribution in [0.4, 0.5) is 0 Å². The maximum atomic E-state index is 11.9. The fourth-order valence-electron chi connectivity index (χ4n) is 2.52. The summed E-state index contributed by atoms with van der Waals surface area (Å²) in [7, 11) is 0. The Kier molecular flexibility index (Phi) is 4.93. The molecule has 0 spiro atoms. The minimum atomic E-state index is -0.703. The third-order valence-corrected chi connectivity index (χ3v) is 3.68. The lowest BCUT2D eigenvalue weighted by molar-refractivity contribution is -0.122. The molecular weight excluding hydrogens is 272 g/mol. The number of nitrogens with one attached hydrogen (secondary N) is 2. The normalized spacial score (nSPS) is 15.4. The lowest BCUT2D eigenvalue weighted by Gasteiger charge is -2.22. The molecule has 2 N–H and O–H groups in total. The lowest BCUT2D eigenvalue weighted by Crippen LogP contribution is -2.37. The first-order valence-corrected chi connectivity index (χ1v) is 7.13. The highest BCUT2D eigenvalue weighted by atomic mass is 16.2. The highest BCUT2D eigenvalue weighted by molar-refractivity contribution is 5.76. The van der Waals surface area contributed by atoms with Crippen molar-refractivity contribution in [1.29, 1.82) is 5.26 Å². The van der Waals surface area contributed by atoms with Gasteiger partial charge in [0, 0.05) is 25.2 Å². The largest absolute Gasteiger partial charge is 0.353 e. The average molecular weight is 290 g/mol. The molecule has 0 saturated heterocycles. The number of hydrogen-bond acceptors (Lipinski definition) is 4. The van der Waals surface area contributed by atoms with E-state index in [1.807, 2.05) is 0 Å². The smallest absolute Gasteiger partial charge is 0.328 e. The van der Waals surface area contributed by atoms with Crippen molar-refractivity contribution < 1.29 is 4.79 Å². The molecule has 7 heteroatoms. The molecule has 2 rings (SSSR count). The Bertz CT molecular complexity index is 662. The number of hydrogen-bond donors (Lipinski definition) is 2. The molecule has 1 aromatic heterocycles. The minimum absolute atomic E-state index is 0.112. The number of nitrogens with zero attached hydrogens (tertiary/aromatic N) is 2. The van der Waals surface area contributed by atoms with Crippen molar-refractivity contribution in [3.05, 3.63) is 32.6 Å². The SMILES string of the molecule is N#Cc1cn(CCC(=O)NC2CCCCC2)c(=O)[nH]c1=O. The number of H-pyrrole nitrogens is 1. The fraction of sp³-hybridized carbons (Fsp3) is 0.571. The van der Waals surface area contributed by atoms with Gasteiger partial charge in [-0.25, -0.2) is 4.79 Å². The topological polar surface area (TPSA) is 108 Å². The van der Waals surface area contributed by atoms with E-state index in [1.165, 1.54) is 17.2 Å². The van der Waals surface area contributed by atoms with Crippen LogP contribution in [0.15, 0.2) is 15.8 Å². The summed E-state index contributed by atoms with van der Waals surface area (Å²) in [6, 6.07) is 1.94. The van der Waals surface area contributed by atoms with E-state index in [0.717, 1.165) is 25.7 Å². The first-order chi connectivity index (χ1) is 10.1. The second kappa shape index (κ2) is 6.88. The molecule has 0 unspecified atom stereocenters. The van der Waals surface area contributed by atoms with Gasteiger partial charge >= 0.3 is 5.69 Å². The number of rotatable bonds is 4. The number of carbonyl (C=O) groups excluding carboxylic acids is 1. The lowest BCUT2D eigenvalue weighted by atomic mass is 9.95. The van der Waals surface area contributed by atoms with Crippen molar-refractivity contribution >= 4 is 5.91 Å². The molecule has 1 amide bonds. The molecule has 112 valence electrons. The van der Waals surface area contributed by atoms with E-state index in [0.29, 0.717) is 0 Å². The van der Waals surface area contributed by atoms with Crippen LogP contribution in [0.3, 0.4) is 0 Å². The molecule has 1 aliphatic rings. The Morgan fingerprint density at radius 3 is 2.76 bits per heavy atom. The molecule has 1 heterocycles. The van der Waals surface area contributed by atoms with E-state index in [9.17, 15) is 14.4 Å². The fourth-order valence-corrected chi connectivity index (χ4v) is 2.52. The van der Waals surface area contributed by atoms with Gasteiger partial charge in [-0.05, 0) is 12.8 Å². The number of carbonyl (C=O) groups is 1. The molecule has 1 saturated carbocycles. The molecule has 1 aromatic rings. The van der Waals surface area contributed by atoms with Gasteiger partial charge in [0.05, 0.1) is 0 Å². The van der Waals surface area contributed by atoms with E-state index in [4.69, 9.17) is 5.26 Å². The van der Waals surface area contributed by atoms with Crippen LogP contribution >= 0.6 is 0 Å². The van der Waals surface area contributed by atoms with E-state index >= 15 is 0 Å². The number of amides is 1. The summed E-state index contributed by atoms with van der Waals surface area (Å²) < 4.78 is 1.18. The molecule has 7 nitrogen and oxygen atoms in total. The monoisotopic (exact) mass is 290 g/mol. The van der Waals surface area contributed by atoms with Gasteiger partial charge < -0.3 is 5.32 Å². The molecular formula is C14H18N4O3. The van der Waals surface area contributed by atoms with Crippen LogP contribution in [0.1, 0.15) is 44.1 Å². The zero-order chi connectivity index (χ0) is 15.2. The maximum absolute atomic E-state index is 11.9. The van der Waals surface area contributed by atoms with Crippen LogP contribution in [0, 0.1) is 11.3 Å². The van der Waals surface area contributed by atoms with Crippen molar-refractivity contribution in [2.75, 3.05) is 0 Å². The number of aromatic nitrogens is 2.